The molecule has 0 N–H and O–H groups in total. The van der Waals surface area contributed by atoms with Crippen LogP contribution in [0.2, 0.25) is 0 Å². The van der Waals surface area contributed by atoms with Crippen LogP contribution in [-0.2, 0) is 5.41 Å². The lowest BCUT2D eigenvalue weighted by atomic mass is 9.56. The second-order valence-electron chi connectivity index (χ2n) is 11.2. The number of nitriles is 1. The van der Waals surface area contributed by atoms with Crippen molar-refractivity contribution in [3.63, 3.8) is 0 Å². The van der Waals surface area contributed by atoms with Gasteiger partial charge in [-0.1, -0.05) is 96.6 Å². The first-order chi connectivity index (χ1) is 16.2. The number of ether oxygens (including phenoxy) is 1. The molecule has 0 aromatic heterocycles. The Morgan fingerprint density at radius 3 is 2.03 bits per heavy atom. The Balaban J connectivity index is 1.79. The molecule has 1 aromatic rings. The van der Waals surface area contributed by atoms with Gasteiger partial charge >= 0.3 is 0 Å². The van der Waals surface area contributed by atoms with Gasteiger partial charge in [0.1, 0.15) is 5.75 Å². The van der Waals surface area contributed by atoms with Gasteiger partial charge in [0.25, 0.3) is 0 Å². The quantitative estimate of drug-likeness (QED) is 0.280. The molecule has 1 aromatic carbocycles. The minimum absolute atomic E-state index is 0.0307. The average Bonchev–Trinajstić information content (AvgIpc) is 2.87. The van der Waals surface area contributed by atoms with Crippen LogP contribution >= 0.6 is 0 Å². The van der Waals surface area contributed by atoms with E-state index in [1.165, 1.54) is 108 Å². The van der Waals surface area contributed by atoms with Gasteiger partial charge < -0.3 is 4.74 Å². The van der Waals surface area contributed by atoms with Crippen molar-refractivity contribution < 1.29 is 4.74 Å². The van der Waals surface area contributed by atoms with E-state index in [0.717, 1.165) is 25.2 Å². The predicted octanol–water partition coefficient (Wildman–Crippen LogP) is 9.52. The SMILES string of the molecule is CCCCCOc1ccc(C2(C(C#N)CC3(CCCCC)CCCCC3)CCCCC2)cc1. The van der Waals surface area contributed by atoms with Crippen molar-refractivity contribution in [3.05, 3.63) is 29.8 Å². The smallest absolute Gasteiger partial charge is 0.119 e. The van der Waals surface area contributed by atoms with Crippen LogP contribution in [0.4, 0.5) is 0 Å². The molecule has 2 fully saturated rings. The maximum absolute atomic E-state index is 10.6. The molecule has 2 nitrogen and oxygen atoms in total. The third-order valence-corrected chi connectivity index (χ3v) is 8.88. The third-order valence-electron chi connectivity index (χ3n) is 8.88. The summed E-state index contributed by atoms with van der Waals surface area (Å²) in [4.78, 5) is 0. The molecular weight excluding hydrogens is 402 g/mol. The molecule has 0 heterocycles. The summed E-state index contributed by atoms with van der Waals surface area (Å²) in [7, 11) is 0. The Bertz CT molecular complexity index is 703. The van der Waals surface area contributed by atoms with Crippen LogP contribution in [0, 0.1) is 22.7 Å². The minimum atomic E-state index is 0.0307. The first-order valence-electron chi connectivity index (χ1n) is 14.3. The van der Waals surface area contributed by atoms with E-state index in [0.29, 0.717) is 5.41 Å². The maximum Gasteiger partial charge on any atom is 0.119 e. The van der Waals surface area contributed by atoms with Gasteiger partial charge in [-0.2, -0.15) is 5.26 Å². The van der Waals surface area contributed by atoms with Crippen molar-refractivity contribution in [2.75, 3.05) is 6.61 Å². The van der Waals surface area contributed by atoms with E-state index in [2.05, 4.69) is 44.2 Å². The Kier molecular flexibility index (Phi) is 10.6. The molecule has 1 unspecified atom stereocenters. The van der Waals surface area contributed by atoms with E-state index in [4.69, 9.17) is 4.74 Å². The largest absolute Gasteiger partial charge is 0.494 e. The van der Waals surface area contributed by atoms with Gasteiger partial charge in [-0.05, 0) is 68.1 Å². The van der Waals surface area contributed by atoms with E-state index in [-0.39, 0.29) is 11.3 Å². The molecule has 0 aliphatic heterocycles. The number of nitrogens with zero attached hydrogens (tertiary/aromatic N) is 1. The van der Waals surface area contributed by atoms with Crippen LogP contribution in [0.1, 0.15) is 135 Å². The second-order valence-corrected chi connectivity index (χ2v) is 11.2. The van der Waals surface area contributed by atoms with Gasteiger partial charge in [-0.15, -0.1) is 0 Å². The summed E-state index contributed by atoms with van der Waals surface area (Å²) in [6, 6.07) is 11.8. The van der Waals surface area contributed by atoms with Crippen LogP contribution in [0.5, 0.6) is 5.75 Å². The summed E-state index contributed by atoms with van der Waals surface area (Å²) in [5, 5.41) is 10.6. The van der Waals surface area contributed by atoms with Crippen LogP contribution in [0.25, 0.3) is 0 Å². The van der Waals surface area contributed by atoms with Gasteiger partial charge in [0, 0.05) is 5.41 Å². The Morgan fingerprint density at radius 1 is 0.818 bits per heavy atom. The lowest BCUT2D eigenvalue weighted by Crippen LogP contribution is -2.40. The molecule has 0 spiro atoms. The lowest BCUT2D eigenvalue weighted by Gasteiger charge is -2.47. The highest BCUT2D eigenvalue weighted by molar-refractivity contribution is 5.35. The topological polar surface area (TPSA) is 33.0 Å². The molecule has 0 saturated heterocycles. The number of unbranched alkanes of at least 4 members (excludes halogenated alkanes) is 4. The molecule has 184 valence electrons. The van der Waals surface area contributed by atoms with Gasteiger partial charge in [-0.25, -0.2) is 0 Å². The van der Waals surface area contributed by atoms with Crippen LogP contribution in [0.3, 0.4) is 0 Å². The van der Waals surface area contributed by atoms with Gasteiger partial charge in [0.05, 0.1) is 18.6 Å². The second kappa shape index (κ2) is 13.4. The fourth-order valence-electron chi connectivity index (χ4n) is 6.85. The van der Waals surface area contributed by atoms with E-state index in [9.17, 15) is 5.26 Å². The molecule has 1 atom stereocenters. The number of hydrogen-bond donors (Lipinski definition) is 0. The van der Waals surface area contributed by atoms with Crippen molar-refractivity contribution >= 4 is 0 Å². The Hall–Kier alpha value is -1.49. The van der Waals surface area contributed by atoms with E-state index in [1.807, 2.05) is 0 Å². The van der Waals surface area contributed by atoms with Crippen LogP contribution in [-0.4, -0.2) is 6.61 Å². The molecule has 0 bridgehead atoms. The summed E-state index contributed by atoms with van der Waals surface area (Å²) >= 11 is 0. The number of benzene rings is 1. The minimum Gasteiger partial charge on any atom is -0.494 e. The third kappa shape index (κ3) is 7.00. The van der Waals surface area contributed by atoms with Crippen LogP contribution in [0.15, 0.2) is 24.3 Å². The Morgan fingerprint density at radius 2 is 1.42 bits per heavy atom. The number of hydrogen-bond acceptors (Lipinski definition) is 2. The predicted molar refractivity (Wildman–Crippen MR) is 140 cm³/mol. The molecule has 0 amide bonds. The lowest BCUT2D eigenvalue weighted by molar-refractivity contribution is 0.0968. The molecule has 2 aliphatic rings. The molecular formula is C31H49NO. The van der Waals surface area contributed by atoms with Crippen molar-refractivity contribution in [3.8, 4) is 11.8 Å². The fraction of sp³-hybridized carbons (Fsp3) is 0.774. The molecule has 2 aliphatic carbocycles. The highest BCUT2D eigenvalue weighted by Crippen LogP contribution is 2.53. The van der Waals surface area contributed by atoms with E-state index < -0.39 is 0 Å². The zero-order valence-electron chi connectivity index (χ0n) is 21.7. The van der Waals surface area contributed by atoms with Crippen molar-refractivity contribution in [1.29, 1.82) is 5.26 Å². The van der Waals surface area contributed by atoms with Gasteiger partial charge in [-0.3, -0.25) is 0 Å². The van der Waals surface area contributed by atoms with Gasteiger partial charge in [0.2, 0.25) is 0 Å². The van der Waals surface area contributed by atoms with Crippen molar-refractivity contribution in [1.82, 2.24) is 0 Å². The average molecular weight is 452 g/mol. The van der Waals surface area contributed by atoms with Crippen molar-refractivity contribution in [2.24, 2.45) is 11.3 Å². The molecule has 33 heavy (non-hydrogen) atoms. The zero-order valence-corrected chi connectivity index (χ0v) is 21.7. The zero-order chi connectivity index (χ0) is 23.4. The summed E-state index contributed by atoms with van der Waals surface area (Å²) in [6.07, 6.45) is 23.0. The van der Waals surface area contributed by atoms with Crippen molar-refractivity contribution in [2.45, 2.75) is 135 Å². The van der Waals surface area contributed by atoms with Gasteiger partial charge in [0.15, 0.2) is 0 Å². The first-order valence-corrected chi connectivity index (χ1v) is 14.3. The number of rotatable bonds is 13. The first kappa shape index (κ1) is 26.1. The standard InChI is InChI=1S/C31H49NO/c1-3-5-9-19-30(20-10-7-11-21-30)25-28(26-32)31(22-12-8-13-23-31)27-15-17-29(18-16-27)33-24-14-6-4-2/h15-18,28H,3-14,19-25H2,1-2H3. The monoisotopic (exact) mass is 451 g/mol. The Labute approximate surface area is 204 Å². The molecule has 3 rings (SSSR count). The molecule has 2 heteroatoms. The maximum atomic E-state index is 10.6. The highest BCUT2D eigenvalue weighted by Gasteiger charge is 2.45. The summed E-state index contributed by atoms with van der Waals surface area (Å²) in [5.41, 5.74) is 1.83. The van der Waals surface area contributed by atoms with E-state index in [1.54, 1.807) is 0 Å². The summed E-state index contributed by atoms with van der Waals surface area (Å²) < 4.78 is 6.00. The summed E-state index contributed by atoms with van der Waals surface area (Å²) in [6.45, 7) is 5.34. The molecule has 2 saturated carbocycles. The molecule has 0 radical (unpaired) electrons. The highest BCUT2D eigenvalue weighted by atomic mass is 16.5. The summed E-state index contributed by atoms with van der Waals surface area (Å²) in [5.74, 6) is 1.12. The fourth-order valence-corrected chi connectivity index (χ4v) is 6.85. The normalized spacial score (nSPS) is 20.6. The van der Waals surface area contributed by atoms with Crippen LogP contribution < -0.4 is 4.74 Å². The van der Waals surface area contributed by atoms with E-state index >= 15 is 0 Å².